The van der Waals surface area contributed by atoms with Gasteiger partial charge in [0.2, 0.25) is 5.96 Å². The number of anilines is 1. The number of halogens is 1. The maximum atomic E-state index is 13.1. The molecule has 0 saturated carbocycles. The molecule has 1 amide bonds. The largest absolute Gasteiger partial charge is 0.376 e. The van der Waals surface area contributed by atoms with Crippen molar-refractivity contribution in [1.82, 2.24) is 5.32 Å². The molecule has 0 aliphatic carbocycles. The molecule has 1 atom stereocenters. The Hall–Kier alpha value is -2.73. The Labute approximate surface area is 165 Å². The van der Waals surface area contributed by atoms with Gasteiger partial charge < -0.3 is 10.1 Å². The summed E-state index contributed by atoms with van der Waals surface area (Å²) in [5.74, 6) is 0.0617. The van der Waals surface area contributed by atoms with E-state index in [1.807, 2.05) is 24.3 Å². The van der Waals surface area contributed by atoms with Gasteiger partial charge in [-0.05, 0) is 60.7 Å². The Kier molecular flexibility index (Phi) is 6.76. The number of hydrogen-bond acceptors (Lipinski definition) is 3. The molecule has 2 aromatic rings. The van der Waals surface area contributed by atoms with Crippen molar-refractivity contribution in [3.05, 3.63) is 65.5 Å². The van der Waals surface area contributed by atoms with Crippen LogP contribution in [0.5, 0.6) is 0 Å². The summed E-state index contributed by atoms with van der Waals surface area (Å²) >= 11 is 0. The van der Waals surface area contributed by atoms with Crippen LogP contribution in [0, 0.1) is 5.82 Å². The number of amides is 1. The second-order valence-electron chi connectivity index (χ2n) is 7.19. The Balaban J connectivity index is 1.72. The number of carbonyl (C=O) groups excluding carboxylic acids is 1. The number of ether oxygens (including phenoxy) is 1. The van der Waals surface area contributed by atoms with Gasteiger partial charge in [0.15, 0.2) is 0 Å². The van der Waals surface area contributed by atoms with Crippen molar-refractivity contribution in [1.29, 1.82) is 0 Å². The predicted octanol–water partition coefficient (Wildman–Crippen LogP) is 4.33. The van der Waals surface area contributed by atoms with Crippen molar-refractivity contribution >= 4 is 17.6 Å². The van der Waals surface area contributed by atoms with Crippen LogP contribution in [0.1, 0.15) is 48.5 Å². The molecule has 0 bridgehead atoms. The minimum Gasteiger partial charge on any atom is -0.376 e. The van der Waals surface area contributed by atoms with Crippen LogP contribution < -0.4 is 10.6 Å². The molecule has 5 nitrogen and oxygen atoms in total. The topological polar surface area (TPSA) is 62.7 Å². The van der Waals surface area contributed by atoms with Gasteiger partial charge in [-0.1, -0.05) is 26.0 Å². The van der Waals surface area contributed by atoms with E-state index in [1.54, 1.807) is 0 Å². The molecule has 2 N–H and O–H groups in total. The van der Waals surface area contributed by atoms with E-state index < -0.39 is 0 Å². The van der Waals surface area contributed by atoms with Gasteiger partial charge >= 0.3 is 0 Å². The zero-order valence-electron chi connectivity index (χ0n) is 16.2. The number of rotatable bonds is 5. The maximum Gasteiger partial charge on any atom is 0.257 e. The predicted molar refractivity (Wildman–Crippen MR) is 109 cm³/mol. The molecular weight excluding hydrogens is 357 g/mol. The molecule has 28 heavy (non-hydrogen) atoms. The number of nitrogens with zero attached hydrogens (tertiary/aromatic N) is 1. The highest BCUT2D eigenvalue weighted by molar-refractivity contribution is 6.09. The number of nitrogens with one attached hydrogen (secondary N) is 2. The molecule has 1 saturated heterocycles. The molecule has 0 unspecified atom stereocenters. The Bertz CT molecular complexity index is 811. The zero-order valence-corrected chi connectivity index (χ0v) is 16.2. The second kappa shape index (κ2) is 9.46. The maximum absolute atomic E-state index is 13.1. The minimum absolute atomic E-state index is 0.0721. The Morgan fingerprint density at radius 2 is 1.89 bits per heavy atom. The van der Waals surface area contributed by atoms with Crippen molar-refractivity contribution < 1.29 is 13.9 Å². The molecule has 1 aliphatic rings. The highest BCUT2D eigenvalue weighted by Crippen LogP contribution is 2.17. The Morgan fingerprint density at radius 1 is 1.18 bits per heavy atom. The summed E-state index contributed by atoms with van der Waals surface area (Å²) in [6, 6.07) is 13.4. The summed E-state index contributed by atoms with van der Waals surface area (Å²) in [4.78, 5) is 17.0. The molecule has 0 aromatic heterocycles. The van der Waals surface area contributed by atoms with Gasteiger partial charge in [0, 0.05) is 17.9 Å². The normalized spacial score (nSPS) is 17.0. The summed E-state index contributed by atoms with van der Waals surface area (Å²) in [6.07, 6.45) is 2.07. The molecule has 1 fully saturated rings. The highest BCUT2D eigenvalue weighted by atomic mass is 19.1. The lowest BCUT2D eigenvalue weighted by atomic mass is 10.0. The average Bonchev–Trinajstić information content (AvgIpc) is 3.20. The van der Waals surface area contributed by atoms with Crippen LogP contribution in [-0.4, -0.2) is 31.1 Å². The third-order valence-corrected chi connectivity index (χ3v) is 4.66. The fraction of sp³-hybridized carbons (Fsp3) is 0.364. The van der Waals surface area contributed by atoms with Crippen molar-refractivity contribution in [3.63, 3.8) is 0 Å². The molecular formula is C22H26FN3O2. The first-order valence-electron chi connectivity index (χ1n) is 9.61. The van der Waals surface area contributed by atoms with Crippen LogP contribution in [0.3, 0.4) is 0 Å². The molecule has 2 aromatic carbocycles. The van der Waals surface area contributed by atoms with Gasteiger partial charge in [-0.25, -0.2) is 9.38 Å². The van der Waals surface area contributed by atoms with Crippen LogP contribution in [0.25, 0.3) is 0 Å². The van der Waals surface area contributed by atoms with Crippen LogP contribution >= 0.6 is 0 Å². The summed E-state index contributed by atoms with van der Waals surface area (Å²) in [6.45, 7) is 5.50. The van der Waals surface area contributed by atoms with Crippen LogP contribution in [-0.2, 0) is 4.74 Å². The fourth-order valence-corrected chi connectivity index (χ4v) is 2.96. The van der Waals surface area contributed by atoms with E-state index >= 15 is 0 Å². The van der Waals surface area contributed by atoms with Gasteiger partial charge in [-0.2, -0.15) is 0 Å². The van der Waals surface area contributed by atoms with Gasteiger partial charge in [-0.3, -0.25) is 10.1 Å². The van der Waals surface area contributed by atoms with E-state index in [9.17, 15) is 9.18 Å². The second-order valence-corrected chi connectivity index (χ2v) is 7.19. The number of carbonyl (C=O) groups is 1. The van der Waals surface area contributed by atoms with E-state index in [1.165, 1.54) is 29.8 Å². The fourth-order valence-electron chi connectivity index (χ4n) is 2.96. The van der Waals surface area contributed by atoms with Gasteiger partial charge in [0.25, 0.3) is 5.91 Å². The Morgan fingerprint density at radius 3 is 2.50 bits per heavy atom. The molecule has 1 heterocycles. The highest BCUT2D eigenvalue weighted by Gasteiger charge is 2.16. The summed E-state index contributed by atoms with van der Waals surface area (Å²) in [5, 5.41) is 5.95. The van der Waals surface area contributed by atoms with E-state index in [-0.39, 0.29) is 17.8 Å². The van der Waals surface area contributed by atoms with Crippen molar-refractivity contribution in [2.75, 3.05) is 18.5 Å². The number of aliphatic imine (C=N–C) groups is 1. The van der Waals surface area contributed by atoms with E-state index in [4.69, 9.17) is 4.74 Å². The van der Waals surface area contributed by atoms with Crippen LogP contribution in [0.4, 0.5) is 10.1 Å². The van der Waals surface area contributed by atoms with Crippen molar-refractivity contribution in [2.24, 2.45) is 4.99 Å². The summed E-state index contributed by atoms with van der Waals surface area (Å²) in [5.41, 5.74) is 2.43. The third kappa shape index (κ3) is 5.63. The van der Waals surface area contributed by atoms with Gasteiger partial charge in [-0.15, -0.1) is 0 Å². The molecule has 0 spiro atoms. The van der Waals surface area contributed by atoms with Crippen molar-refractivity contribution in [3.8, 4) is 0 Å². The van der Waals surface area contributed by atoms with E-state index in [2.05, 4.69) is 29.5 Å². The lowest BCUT2D eigenvalue weighted by Crippen LogP contribution is -2.36. The first kappa shape index (κ1) is 20.0. The third-order valence-electron chi connectivity index (χ3n) is 4.66. The summed E-state index contributed by atoms with van der Waals surface area (Å²) < 4.78 is 18.7. The number of guanidine groups is 1. The first-order chi connectivity index (χ1) is 13.5. The van der Waals surface area contributed by atoms with Crippen LogP contribution in [0.15, 0.2) is 53.5 Å². The lowest BCUT2D eigenvalue weighted by molar-refractivity contribution is 0.0975. The lowest BCUT2D eigenvalue weighted by Gasteiger charge is -2.14. The molecule has 1 aliphatic heterocycles. The average molecular weight is 383 g/mol. The van der Waals surface area contributed by atoms with E-state index in [0.29, 0.717) is 24.0 Å². The monoisotopic (exact) mass is 383 g/mol. The van der Waals surface area contributed by atoms with Gasteiger partial charge in [0.1, 0.15) is 5.82 Å². The minimum atomic E-state index is -0.382. The molecule has 3 rings (SSSR count). The number of hydrogen-bond donors (Lipinski definition) is 2. The molecule has 0 radical (unpaired) electrons. The SMILES string of the molecule is CC(C)c1ccc(NC(=NC[C@@H]2CCCO2)NC(=O)c2ccc(F)cc2)cc1. The van der Waals surface area contributed by atoms with Crippen LogP contribution in [0.2, 0.25) is 0 Å². The molecule has 6 heteroatoms. The zero-order chi connectivity index (χ0) is 19.9. The molecule has 148 valence electrons. The quantitative estimate of drug-likeness (QED) is 0.597. The number of benzene rings is 2. The summed E-state index contributed by atoms with van der Waals surface area (Å²) in [7, 11) is 0. The smallest absolute Gasteiger partial charge is 0.257 e. The first-order valence-corrected chi connectivity index (χ1v) is 9.61. The standard InChI is InChI=1S/C22H26FN3O2/c1-15(2)16-7-11-19(12-8-16)25-22(24-14-20-4-3-13-28-20)26-21(27)17-5-9-18(23)10-6-17/h5-12,15,20H,3-4,13-14H2,1-2H3,(H2,24,25,26,27)/t20-/m0/s1. The van der Waals surface area contributed by atoms with Gasteiger partial charge in [0.05, 0.1) is 12.6 Å². The van der Waals surface area contributed by atoms with E-state index in [0.717, 1.165) is 25.1 Å². The van der Waals surface area contributed by atoms with Crippen molar-refractivity contribution in [2.45, 2.75) is 38.7 Å².